The van der Waals surface area contributed by atoms with E-state index >= 15 is 0 Å². The lowest BCUT2D eigenvalue weighted by molar-refractivity contribution is -0.192. The zero-order valence-electron chi connectivity index (χ0n) is 12.4. The van der Waals surface area contributed by atoms with E-state index < -0.39 is 18.2 Å². The van der Waals surface area contributed by atoms with E-state index in [1.54, 1.807) is 0 Å². The molecule has 1 aliphatic rings. The average Bonchev–Trinajstić information content (AvgIpc) is 2.84. The number of nitrogens with one attached hydrogen (secondary N) is 2. The highest BCUT2D eigenvalue weighted by atomic mass is 19.4. The molecular weight excluding hydrogens is 305 g/mol. The van der Waals surface area contributed by atoms with Gasteiger partial charge < -0.3 is 20.8 Å². The van der Waals surface area contributed by atoms with Gasteiger partial charge in [0.15, 0.2) is 0 Å². The number of aliphatic carboxylic acids is 1. The topological polar surface area (TPSA) is 98.7 Å². The van der Waals surface area contributed by atoms with Crippen LogP contribution in [-0.2, 0) is 9.59 Å². The number of carbonyl (C=O) groups excluding carboxylic acids is 1. The van der Waals surface area contributed by atoms with Crippen LogP contribution in [0.5, 0.6) is 0 Å². The summed E-state index contributed by atoms with van der Waals surface area (Å²) in [5, 5.41) is 22.5. The van der Waals surface area contributed by atoms with Crippen molar-refractivity contribution >= 4 is 11.9 Å². The van der Waals surface area contributed by atoms with Crippen molar-refractivity contribution in [3.8, 4) is 0 Å². The largest absolute Gasteiger partial charge is 0.490 e. The van der Waals surface area contributed by atoms with Crippen molar-refractivity contribution in [3.63, 3.8) is 0 Å². The van der Waals surface area contributed by atoms with Gasteiger partial charge in [-0.25, -0.2) is 4.79 Å². The molecule has 130 valence electrons. The Morgan fingerprint density at radius 3 is 2.23 bits per heavy atom. The van der Waals surface area contributed by atoms with Crippen molar-refractivity contribution < 1.29 is 33.0 Å². The zero-order valence-corrected chi connectivity index (χ0v) is 12.4. The van der Waals surface area contributed by atoms with Crippen LogP contribution in [-0.4, -0.2) is 54.0 Å². The average molecular weight is 328 g/mol. The first-order valence-corrected chi connectivity index (χ1v) is 7.16. The highest BCUT2D eigenvalue weighted by Gasteiger charge is 2.38. The van der Waals surface area contributed by atoms with Crippen LogP contribution < -0.4 is 10.6 Å². The molecular formula is C13H23F3N2O4. The summed E-state index contributed by atoms with van der Waals surface area (Å²) < 4.78 is 31.7. The van der Waals surface area contributed by atoms with Crippen molar-refractivity contribution in [1.82, 2.24) is 10.6 Å². The first-order valence-electron chi connectivity index (χ1n) is 7.16. The molecule has 6 nitrogen and oxygen atoms in total. The maximum Gasteiger partial charge on any atom is 0.490 e. The zero-order chi connectivity index (χ0) is 17.2. The number of carbonyl (C=O) groups is 2. The van der Waals surface area contributed by atoms with E-state index in [-0.39, 0.29) is 11.8 Å². The fourth-order valence-corrected chi connectivity index (χ4v) is 1.83. The van der Waals surface area contributed by atoms with Gasteiger partial charge in [-0.05, 0) is 6.42 Å². The minimum Gasteiger partial charge on any atom is -0.475 e. The van der Waals surface area contributed by atoms with Gasteiger partial charge in [0.2, 0.25) is 5.91 Å². The number of halogens is 3. The molecule has 22 heavy (non-hydrogen) atoms. The Morgan fingerprint density at radius 1 is 1.23 bits per heavy atom. The number of hydrogen-bond acceptors (Lipinski definition) is 4. The molecule has 4 N–H and O–H groups in total. The molecule has 1 saturated heterocycles. The van der Waals surface area contributed by atoms with E-state index in [0.29, 0.717) is 13.1 Å². The van der Waals surface area contributed by atoms with Crippen molar-refractivity contribution in [1.29, 1.82) is 0 Å². The first-order chi connectivity index (χ1) is 10.2. The summed E-state index contributed by atoms with van der Waals surface area (Å²) in [5.74, 6) is -3.02. The number of carboxylic acids is 1. The van der Waals surface area contributed by atoms with Gasteiger partial charge in [0.25, 0.3) is 0 Å². The molecule has 2 atom stereocenters. The van der Waals surface area contributed by atoms with Gasteiger partial charge >= 0.3 is 12.1 Å². The van der Waals surface area contributed by atoms with Crippen molar-refractivity contribution in [2.24, 2.45) is 5.92 Å². The minimum atomic E-state index is -5.08. The predicted molar refractivity (Wildman–Crippen MR) is 73.2 cm³/mol. The number of rotatable bonds is 6. The molecule has 1 aliphatic heterocycles. The van der Waals surface area contributed by atoms with E-state index in [4.69, 9.17) is 9.90 Å². The number of amides is 1. The second-order valence-corrected chi connectivity index (χ2v) is 4.99. The van der Waals surface area contributed by atoms with Crippen LogP contribution in [0.1, 0.15) is 32.6 Å². The molecule has 0 saturated carbocycles. The van der Waals surface area contributed by atoms with E-state index in [9.17, 15) is 23.1 Å². The molecule has 0 radical (unpaired) electrons. The van der Waals surface area contributed by atoms with Gasteiger partial charge in [-0.2, -0.15) is 13.2 Å². The number of β-amino-alcohol motifs (C(OH)–C–C–N with tert-alkyl or cyclic N) is 1. The second-order valence-electron chi connectivity index (χ2n) is 4.99. The maximum atomic E-state index is 11.6. The fourth-order valence-electron chi connectivity index (χ4n) is 1.83. The number of carboxylic acid groups (broad SMARTS) is 1. The Hall–Kier alpha value is -1.35. The molecule has 1 fully saturated rings. The Labute approximate surface area is 127 Å². The van der Waals surface area contributed by atoms with Crippen LogP contribution in [0.3, 0.4) is 0 Å². The van der Waals surface area contributed by atoms with Gasteiger partial charge in [-0.3, -0.25) is 4.79 Å². The highest BCUT2D eigenvalue weighted by Crippen LogP contribution is 2.13. The molecule has 1 amide bonds. The van der Waals surface area contributed by atoms with Crippen molar-refractivity contribution in [2.75, 3.05) is 19.6 Å². The lowest BCUT2D eigenvalue weighted by Gasteiger charge is -2.13. The van der Waals surface area contributed by atoms with Crippen LogP contribution in [0.15, 0.2) is 0 Å². The Morgan fingerprint density at radius 2 is 1.82 bits per heavy atom. The summed E-state index contributed by atoms with van der Waals surface area (Å²) in [4.78, 5) is 20.5. The lowest BCUT2D eigenvalue weighted by atomic mass is 10.1. The lowest BCUT2D eigenvalue weighted by Crippen LogP contribution is -2.37. The van der Waals surface area contributed by atoms with Gasteiger partial charge in [0.05, 0.1) is 12.0 Å². The van der Waals surface area contributed by atoms with Crippen LogP contribution in [0.2, 0.25) is 0 Å². The van der Waals surface area contributed by atoms with Gasteiger partial charge in [0.1, 0.15) is 0 Å². The normalized spacial score (nSPS) is 21.0. The number of aliphatic hydroxyl groups is 1. The third-order valence-electron chi connectivity index (χ3n) is 3.09. The molecule has 0 unspecified atom stereocenters. The summed E-state index contributed by atoms with van der Waals surface area (Å²) in [6.45, 7) is 4.04. The number of alkyl halides is 3. The number of hydrogen-bond donors (Lipinski definition) is 4. The summed E-state index contributed by atoms with van der Waals surface area (Å²) >= 11 is 0. The van der Waals surface area contributed by atoms with Gasteiger partial charge in [0, 0.05) is 19.6 Å². The summed E-state index contributed by atoms with van der Waals surface area (Å²) in [6.07, 6.45) is -0.957. The van der Waals surface area contributed by atoms with E-state index in [1.807, 2.05) is 0 Å². The second kappa shape index (κ2) is 10.4. The number of aliphatic hydroxyl groups excluding tert-OH is 1. The molecule has 1 rings (SSSR count). The SMILES string of the molecule is CCCCCCNC(=O)[C@@H]1CNC[C@H]1O.O=C(O)C(F)(F)F. The summed E-state index contributed by atoms with van der Waals surface area (Å²) in [7, 11) is 0. The fraction of sp³-hybridized carbons (Fsp3) is 0.846. The smallest absolute Gasteiger partial charge is 0.475 e. The van der Waals surface area contributed by atoms with Crippen LogP contribution in [0.25, 0.3) is 0 Å². The van der Waals surface area contributed by atoms with Crippen molar-refractivity contribution in [2.45, 2.75) is 44.9 Å². The van der Waals surface area contributed by atoms with Crippen LogP contribution in [0, 0.1) is 5.92 Å². The van der Waals surface area contributed by atoms with Crippen LogP contribution >= 0.6 is 0 Å². The quantitative estimate of drug-likeness (QED) is 0.543. The summed E-state index contributed by atoms with van der Waals surface area (Å²) in [5.41, 5.74) is 0. The van der Waals surface area contributed by atoms with Crippen LogP contribution in [0.4, 0.5) is 13.2 Å². The van der Waals surface area contributed by atoms with Gasteiger partial charge in [-0.1, -0.05) is 26.2 Å². The third kappa shape index (κ3) is 8.83. The molecule has 0 aromatic rings. The predicted octanol–water partition coefficient (Wildman–Crippen LogP) is 0.897. The molecule has 0 spiro atoms. The molecule has 0 bridgehead atoms. The van der Waals surface area contributed by atoms with E-state index in [1.165, 1.54) is 19.3 Å². The summed E-state index contributed by atoms with van der Waals surface area (Å²) in [6, 6.07) is 0. The molecule has 0 aliphatic carbocycles. The maximum absolute atomic E-state index is 11.6. The molecule has 0 aromatic heterocycles. The standard InChI is InChI=1S/C11H22N2O2.C2HF3O2/c1-2-3-4-5-6-13-11(15)9-7-12-8-10(9)14;3-2(4,5)1(6)7/h9-10,12,14H,2-8H2,1H3,(H,13,15);(H,6,7)/t9-,10-;/m1./s1. The molecule has 0 aromatic carbocycles. The number of unbranched alkanes of at least 4 members (excludes halogenated alkanes) is 3. The first kappa shape index (κ1) is 20.6. The monoisotopic (exact) mass is 328 g/mol. The Bertz CT molecular complexity index is 351. The van der Waals surface area contributed by atoms with Crippen molar-refractivity contribution in [3.05, 3.63) is 0 Å². The molecule has 1 heterocycles. The Kier molecular flexibility index (Phi) is 9.75. The minimum absolute atomic E-state index is 0.0102. The van der Waals surface area contributed by atoms with E-state index in [0.717, 1.165) is 13.0 Å². The van der Waals surface area contributed by atoms with E-state index in [2.05, 4.69) is 17.6 Å². The highest BCUT2D eigenvalue weighted by molar-refractivity contribution is 5.79. The van der Waals surface area contributed by atoms with Gasteiger partial charge in [-0.15, -0.1) is 0 Å². The Balaban J connectivity index is 0.000000534. The third-order valence-corrected chi connectivity index (χ3v) is 3.09. The molecule has 9 heteroatoms.